The maximum absolute atomic E-state index is 12.1. The first kappa shape index (κ1) is 37.3. The first-order chi connectivity index (χ1) is 27.2. The third-order valence-corrected chi connectivity index (χ3v) is 10.4. The maximum Gasteiger partial charge on any atom is 0.186 e. The lowest BCUT2D eigenvalue weighted by atomic mass is 9.89. The summed E-state index contributed by atoms with van der Waals surface area (Å²) in [4.78, 5) is 1.82. The van der Waals surface area contributed by atoms with Crippen LogP contribution < -0.4 is 4.90 Å². The van der Waals surface area contributed by atoms with Gasteiger partial charge in [-0.15, -0.1) is 0 Å². The molecule has 0 fully saturated rings. The summed E-state index contributed by atoms with van der Waals surface area (Å²) in [5.41, 5.74) is 9.73. The van der Waals surface area contributed by atoms with Gasteiger partial charge >= 0.3 is 0 Å². The number of nitrogens with zero attached hydrogens (tertiary/aromatic N) is 1. The van der Waals surface area contributed by atoms with E-state index in [9.17, 15) is 15.3 Å². The fourth-order valence-electron chi connectivity index (χ4n) is 7.34. The maximum atomic E-state index is 12.1. The molecule has 0 unspecified atom stereocenters. The van der Waals surface area contributed by atoms with Crippen molar-refractivity contribution in [3.05, 3.63) is 193 Å². The van der Waals surface area contributed by atoms with Gasteiger partial charge in [0.2, 0.25) is 0 Å². The van der Waals surface area contributed by atoms with Crippen molar-refractivity contribution in [2.75, 3.05) is 4.90 Å². The zero-order valence-corrected chi connectivity index (χ0v) is 32.2. The van der Waals surface area contributed by atoms with Crippen LogP contribution in [0.5, 0.6) is 17.2 Å². The summed E-state index contributed by atoms with van der Waals surface area (Å²) in [6.45, 7) is 11.3. The van der Waals surface area contributed by atoms with E-state index >= 15 is 0 Å². The second-order valence-corrected chi connectivity index (χ2v) is 13.9. The first-order valence-electron chi connectivity index (χ1n) is 18.8. The van der Waals surface area contributed by atoms with Gasteiger partial charge in [0.25, 0.3) is 0 Å². The molecule has 0 heterocycles. The summed E-state index contributed by atoms with van der Waals surface area (Å²) in [7, 11) is 0. The van der Waals surface area contributed by atoms with Crippen LogP contribution >= 0.6 is 0 Å². The number of phenolic OH excluding ortho intramolecular Hbond substituents is 3. The standard InChI is InChI=1S/C47H37NO3.C5H8/c1-29-20-23-38(26-30(29)2)48(37-24-21-33(22-25-37)35-16-11-15-34(27-35)32-12-5-4-6-13-32)44-45(49)31(3)43(46(50)47(44)51)42-28-36-14-7-8-17-39(36)40-18-9-10-19-41(40)42;1-3-5-4-2/h4-28,49-51H,1-3H3;3-5H,1H2,2H3/b;5-4-. The molecule has 0 amide bonds. The Morgan fingerprint density at radius 1 is 0.500 bits per heavy atom. The quantitative estimate of drug-likeness (QED) is 0.0661. The van der Waals surface area contributed by atoms with Crippen molar-refractivity contribution in [1.82, 2.24) is 0 Å². The van der Waals surface area contributed by atoms with Crippen molar-refractivity contribution < 1.29 is 15.3 Å². The molecule has 3 N–H and O–H groups in total. The number of allylic oxidation sites excluding steroid dienone is 3. The Morgan fingerprint density at radius 3 is 1.73 bits per heavy atom. The van der Waals surface area contributed by atoms with Gasteiger partial charge in [-0.25, -0.2) is 0 Å². The van der Waals surface area contributed by atoms with E-state index in [1.165, 1.54) is 0 Å². The third kappa shape index (κ3) is 7.13. The van der Waals surface area contributed by atoms with E-state index in [0.29, 0.717) is 11.1 Å². The van der Waals surface area contributed by atoms with E-state index in [1.54, 1.807) is 13.0 Å². The number of hydrogen-bond donors (Lipinski definition) is 3. The highest BCUT2D eigenvalue weighted by atomic mass is 16.3. The van der Waals surface area contributed by atoms with Crippen molar-refractivity contribution in [2.24, 2.45) is 0 Å². The van der Waals surface area contributed by atoms with E-state index in [1.807, 2.05) is 134 Å². The number of aromatic hydroxyl groups is 3. The predicted molar refractivity (Wildman–Crippen MR) is 237 cm³/mol. The van der Waals surface area contributed by atoms with Crippen molar-refractivity contribution in [2.45, 2.75) is 27.7 Å². The molecule has 0 aliphatic carbocycles. The van der Waals surface area contributed by atoms with Crippen LogP contribution in [0.4, 0.5) is 17.1 Å². The number of aryl methyl sites for hydroxylation is 2. The Balaban J connectivity index is 0.000000905. The summed E-state index contributed by atoms with van der Waals surface area (Å²) in [5.74, 6) is -0.803. The van der Waals surface area contributed by atoms with Crippen molar-refractivity contribution in [1.29, 1.82) is 0 Å². The molecular weight excluding hydrogens is 687 g/mol. The van der Waals surface area contributed by atoms with Crippen LogP contribution in [-0.4, -0.2) is 15.3 Å². The number of hydrogen-bond acceptors (Lipinski definition) is 4. The summed E-state index contributed by atoms with van der Waals surface area (Å²) >= 11 is 0. The van der Waals surface area contributed by atoms with Gasteiger partial charge in [-0.3, -0.25) is 0 Å². The molecule has 8 rings (SSSR count). The Bertz CT molecular complexity index is 2700. The summed E-state index contributed by atoms with van der Waals surface area (Å²) in [6, 6.07) is 51.0. The number of fused-ring (bicyclic) bond motifs is 3. The predicted octanol–water partition coefficient (Wildman–Crippen LogP) is 14.3. The minimum atomic E-state index is -0.400. The molecule has 0 saturated heterocycles. The lowest BCUT2D eigenvalue weighted by molar-refractivity contribution is 0.398. The summed E-state index contributed by atoms with van der Waals surface area (Å²) in [5, 5.41) is 40.0. The molecule has 56 heavy (non-hydrogen) atoms. The number of anilines is 3. The molecule has 0 aliphatic heterocycles. The van der Waals surface area contributed by atoms with E-state index in [-0.39, 0.29) is 17.2 Å². The lowest BCUT2D eigenvalue weighted by Crippen LogP contribution is -2.12. The molecule has 8 aromatic carbocycles. The average Bonchev–Trinajstić information content (AvgIpc) is 3.24. The molecule has 4 heteroatoms. The monoisotopic (exact) mass is 731 g/mol. The molecule has 4 nitrogen and oxygen atoms in total. The lowest BCUT2D eigenvalue weighted by Gasteiger charge is -2.29. The van der Waals surface area contributed by atoms with Crippen molar-refractivity contribution in [3.8, 4) is 50.6 Å². The Labute approximate surface area is 329 Å². The molecular formula is C52H45NO3. The third-order valence-electron chi connectivity index (χ3n) is 10.4. The fraction of sp³-hybridized carbons (Fsp3) is 0.0769. The van der Waals surface area contributed by atoms with Crippen molar-refractivity contribution >= 4 is 38.6 Å². The smallest absolute Gasteiger partial charge is 0.186 e. The zero-order valence-electron chi connectivity index (χ0n) is 32.2. The minimum Gasteiger partial charge on any atom is -0.505 e. The summed E-state index contributed by atoms with van der Waals surface area (Å²) in [6.07, 6.45) is 5.58. The number of phenols is 3. The van der Waals surface area contributed by atoms with E-state index in [0.717, 1.165) is 71.9 Å². The van der Waals surface area contributed by atoms with Crippen LogP contribution in [0.1, 0.15) is 23.6 Å². The molecule has 0 aromatic heterocycles. The van der Waals surface area contributed by atoms with Gasteiger partial charge < -0.3 is 20.2 Å². The van der Waals surface area contributed by atoms with Gasteiger partial charge in [-0.05, 0) is 125 Å². The highest BCUT2D eigenvalue weighted by Crippen LogP contribution is 2.56. The van der Waals surface area contributed by atoms with Gasteiger partial charge in [0.05, 0.1) is 0 Å². The average molecular weight is 732 g/mol. The van der Waals surface area contributed by atoms with Crippen LogP contribution in [-0.2, 0) is 0 Å². The normalized spacial score (nSPS) is 11.1. The highest BCUT2D eigenvalue weighted by Gasteiger charge is 2.29. The van der Waals surface area contributed by atoms with Gasteiger partial charge in [0, 0.05) is 22.5 Å². The molecule has 0 bridgehead atoms. The molecule has 8 aromatic rings. The molecule has 0 radical (unpaired) electrons. The number of benzene rings is 8. The molecule has 0 atom stereocenters. The Hall–Kier alpha value is -7.04. The second kappa shape index (κ2) is 16.1. The van der Waals surface area contributed by atoms with E-state index in [4.69, 9.17) is 0 Å². The Kier molecular flexibility index (Phi) is 10.7. The number of rotatable bonds is 7. The molecule has 276 valence electrons. The first-order valence-corrected chi connectivity index (χ1v) is 18.8. The second-order valence-electron chi connectivity index (χ2n) is 13.9. The zero-order chi connectivity index (χ0) is 39.3. The molecule has 0 saturated carbocycles. The van der Waals surface area contributed by atoms with E-state index in [2.05, 4.69) is 62.0 Å². The fourth-order valence-corrected chi connectivity index (χ4v) is 7.34. The minimum absolute atomic E-state index is 0.112. The van der Waals surface area contributed by atoms with Crippen LogP contribution in [0, 0.1) is 20.8 Å². The molecule has 0 aliphatic rings. The summed E-state index contributed by atoms with van der Waals surface area (Å²) < 4.78 is 0. The molecule has 0 spiro atoms. The largest absolute Gasteiger partial charge is 0.505 e. The topological polar surface area (TPSA) is 63.9 Å². The van der Waals surface area contributed by atoms with E-state index < -0.39 is 5.75 Å². The van der Waals surface area contributed by atoms with Gasteiger partial charge in [0.1, 0.15) is 11.4 Å². The highest BCUT2D eigenvalue weighted by molar-refractivity contribution is 6.15. The van der Waals surface area contributed by atoms with Crippen LogP contribution in [0.15, 0.2) is 176 Å². The van der Waals surface area contributed by atoms with Gasteiger partial charge in [0.15, 0.2) is 11.5 Å². The van der Waals surface area contributed by atoms with Gasteiger partial charge in [-0.2, -0.15) is 0 Å². The SMILES string of the molecule is C=C/C=C\C.Cc1ccc(N(c2ccc(-c3cccc(-c4ccccc4)c3)cc2)c2c(O)c(C)c(-c3cc4ccccc4c4ccccc34)c(O)c2O)cc1C. The Morgan fingerprint density at radius 2 is 1.09 bits per heavy atom. The van der Waals surface area contributed by atoms with Crippen LogP contribution in [0.2, 0.25) is 0 Å². The van der Waals surface area contributed by atoms with Gasteiger partial charge in [-0.1, -0.05) is 140 Å². The van der Waals surface area contributed by atoms with Crippen molar-refractivity contribution in [3.63, 3.8) is 0 Å². The van der Waals surface area contributed by atoms with Crippen LogP contribution in [0.3, 0.4) is 0 Å². The van der Waals surface area contributed by atoms with Crippen LogP contribution in [0.25, 0.3) is 54.9 Å².